The minimum Gasteiger partial charge on any atom is -0.354 e. The van der Waals surface area contributed by atoms with Gasteiger partial charge in [0.25, 0.3) is 0 Å². The molecule has 2 aromatic heterocycles. The Morgan fingerprint density at radius 3 is 2.87 bits per heavy atom. The van der Waals surface area contributed by atoms with Crippen molar-refractivity contribution in [1.82, 2.24) is 15.3 Å². The highest BCUT2D eigenvalue weighted by atomic mass is 79.9. The van der Waals surface area contributed by atoms with Crippen molar-refractivity contribution in [3.63, 3.8) is 0 Å². The maximum atomic E-state index is 11.3. The minimum absolute atomic E-state index is 0.0288. The third-order valence-electron chi connectivity index (χ3n) is 4.34. The molecule has 1 atom stereocenters. The van der Waals surface area contributed by atoms with E-state index in [0.717, 1.165) is 52.9 Å². The van der Waals surface area contributed by atoms with E-state index in [0.29, 0.717) is 0 Å². The van der Waals surface area contributed by atoms with Gasteiger partial charge in [0, 0.05) is 35.9 Å². The molecular formula is C17H21BrN4O. The van der Waals surface area contributed by atoms with Crippen LogP contribution in [0.1, 0.15) is 31.0 Å². The lowest BCUT2D eigenvalue weighted by Gasteiger charge is -2.33. The number of halogens is 1. The smallest absolute Gasteiger partial charge is 0.217 e. The predicted octanol–water partition coefficient (Wildman–Crippen LogP) is 3.11. The van der Waals surface area contributed by atoms with Gasteiger partial charge >= 0.3 is 0 Å². The van der Waals surface area contributed by atoms with E-state index >= 15 is 0 Å². The predicted molar refractivity (Wildman–Crippen MR) is 95.8 cm³/mol. The number of piperidine rings is 1. The Balaban J connectivity index is 1.91. The van der Waals surface area contributed by atoms with E-state index in [-0.39, 0.29) is 11.9 Å². The molecule has 1 unspecified atom stereocenters. The number of nitrogens with zero attached hydrogens (tertiary/aromatic N) is 3. The number of rotatable bonds is 2. The molecule has 1 N–H and O–H groups in total. The number of nitrogens with one attached hydrogen (secondary N) is 1. The van der Waals surface area contributed by atoms with Gasteiger partial charge in [-0.1, -0.05) is 0 Å². The molecular weight excluding hydrogens is 356 g/mol. The number of carbonyl (C=O) groups is 1. The third-order valence-corrected chi connectivity index (χ3v) is 5.51. The molecule has 1 aliphatic rings. The van der Waals surface area contributed by atoms with Crippen molar-refractivity contribution in [2.45, 2.75) is 39.7 Å². The van der Waals surface area contributed by atoms with Crippen LogP contribution < -0.4 is 10.2 Å². The molecule has 0 aliphatic carbocycles. The lowest BCUT2D eigenvalue weighted by Crippen LogP contribution is -2.47. The van der Waals surface area contributed by atoms with Crippen LogP contribution in [-0.2, 0) is 4.79 Å². The SMILES string of the molecule is CC(=O)NC1CCCN(c2ccc3c(C)c(Br)c(C)nc3n2)C1. The molecule has 0 spiro atoms. The first-order valence-electron chi connectivity index (χ1n) is 7.91. The lowest BCUT2D eigenvalue weighted by molar-refractivity contribution is -0.119. The summed E-state index contributed by atoms with van der Waals surface area (Å²) in [6.45, 7) is 7.39. The van der Waals surface area contributed by atoms with Gasteiger partial charge in [0.2, 0.25) is 5.91 Å². The average Bonchev–Trinajstić information content (AvgIpc) is 2.52. The standard InChI is InChI=1S/C17H21BrN4O/c1-10-14-6-7-15(21-17(14)19-11(2)16(10)18)22-8-4-5-13(9-22)20-12(3)23/h6-7,13H,4-5,8-9H2,1-3H3,(H,20,23). The molecule has 1 amide bonds. The summed E-state index contributed by atoms with van der Waals surface area (Å²) in [5.41, 5.74) is 2.90. The van der Waals surface area contributed by atoms with Gasteiger partial charge in [0.1, 0.15) is 5.82 Å². The summed E-state index contributed by atoms with van der Waals surface area (Å²) >= 11 is 3.59. The molecule has 5 nitrogen and oxygen atoms in total. The zero-order valence-electron chi connectivity index (χ0n) is 13.7. The van der Waals surface area contributed by atoms with Crippen molar-refractivity contribution in [3.05, 3.63) is 27.9 Å². The third kappa shape index (κ3) is 3.32. The molecule has 1 fully saturated rings. The highest BCUT2D eigenvalue weighted by Gasteiger charge is 2.22. The highest BCUT2D eigenvalue weighted by molar-refractivity contribution is 9.10. The molecule has 0 radical (unpaired) electrons. The summed E-state index contributed by atoms with van der Waals surface area (Å²) in [6, 6.07) is 4.33. The van der Waals surface area contributed by atoms with Gasteiger partial charge in [-0.3, -0.25) is 4.79 Å². The van der Waals surface area contributed by atoms with Gasteiger partial charge in [-0.15, -0.1) is 0 Å². The van der Waals surface area contributed by atoms with E-state index in [4.69, 9.17) is 4.98 Å². The molecule has 23 heavy (non-hydrogen) atoms. The molecule has 0 bridgehead atoms. The fourth-order valence-electron chi connectivity index (χ4n) is 3.18. The van der Waals surface area contributed by atoms with E-state index in [9.17, 15) is 4.79 Å². The number of fused-ring (bicyclic) bond motifs is 1. The number of amides is 1. The fraction of sp³-hybridized carbons (Fsp3) is 0.471. The second-order valence-corrected chi connectivity index (χ2v) is 6.96. The number of pyridine rings is 2. The van der Waals surface area contributed by atoms with Gasteiger partial charge in [0.15, 0.2) is 5.65 Å². The fourth-order valence-corrected chi connectivity index (χ4v) is 3.48. The Morgan fingerprint density at radius 2 is 2.13 bits per heavy atom. The van der Waals surface area contributed by atoms with E-state index in [1.54, 1.807) is 6.92 Å². The van der Waals surface area contributed by atoms with Crippen LogP contribution in [0.5, 0.6) is 0 Å². The summed E-state index contributed by atoms with van der Waals surface area (Å²) < 4.78 is 1.04. The normalized spacial score (nSPS) is 18.3. The summed E-state index contributed by atoms with van der Waals surface area (Å²) in [5, 5.41) is 4.09. The average molecular weight is 377 g/mol. The van der Waals surface area contributed by atoms with E-state index < -0.39 is 0 Å². The summed E-state index contributed by atoms with van der Waals surface area (Å²) in [6.07, 6.45) is 2.07. The van der Waals surface area contributed by atoms with Crippen molar-refractivity contribution in [2.24, 2.45) is 0 Å². The van der Waals surface area contributed by atoms with Crippen molar-refractivity contribution >= 4 is 38.7 Å². The largest absolute Gasteiger partial charge is 0.354 e. The van der Waals surface area contributed by atoms with Crippen LogP contribution in [0.4, 0.5) is 5.82 Å². The van der Waals surface area contributed by atoms with Gasteiger partial charge < -0.3 is 10.2 Å². The maximum absolute atomic E-state index is 11.3. The van der Waals surface area contributed by atoms with Gasteiger partial charge in [-0.25, -0.2) is 9.97 Å². The molecule has 3 heterocycles. The summed E-state index contributed by atoms with van der Waals surface area (Å²) in [7, 11) is 0. The Morgan fingerprint density at radius 1 is 1.35 bits per heavy atom. The van der Waals surface area contributed by atoms with E-state index in [2.05, 4.69) is 50.2 Å². The topological polar surface area (TPSA) is 58.1 Å². The number of aromatic nitrogens is 2. The first kappa shape index (κ1) is 16.2. The maximum Gasteiger partial charge on any atom is 0.217 e. The van der Waals surface area contributed by atoms with Crippen molar-refractivity contribution in [2.75, 3.05) is 18.0 Å². The van der Waals surface area contributed by atoms with E-state index in [1.807, 2.05) is 6.92 Å². The van der Waals surface area contributed by atoms with Gasteiger partial charge in [-0.2, -0.15) is 0 Å². The van der Waals surface area contributed by atoms with Crippen molar-refractivity contribution in [1.29, 1.82) is 0 Å². The molecule has 3 rings (SSSR count). The second kappa shape index (κ2) is 6.43. The van der Waals surface area contributed by atoms with Gasteiger partial charge in [-0.05, 0) is 60.3 Å². The Kier molecular flexibility index (Phi) is 4.53. The van der Waals surface area contributed by atoms with Crippen LogP contribution in [0.25, 0.3) is 11.0 Å². The first-order valence-corrected chi connectivity index (χ1v) is 8.70. The monoisotopic (exact) mass is 376 g/mol. The van der Waals surface area contributed by atoms with Crippen LogP contribution in [0, 0.1) is 13.8 Å². The quantitative estimate of drug-likeness (QED) is 0.874. The van der Waals surface area contributed by atoms with Crippen LogP contribution in [-0.4, -0.2) is 35.0 Å². The summed E-state index contributed by atoms with van der Waals surface area (Å²) in [4.78, 5) is 22.9. The van der Waals surface area contributed by atoms with Crippen LogP contribution in [0.2, 0.25) is 0 Å². The number of aryl methyl sites for hydroxylation is 2. The Labute approximate surface area is 144 Å². The van der Waals surface area contributed by atoms with Gasteiger partial charge in [0.05, 0.1) is 5.69 Å². The number of carbonyl (C=O) groups excluding carboxylic acids is 1. The number of anilines is 1. The summed E-state index contributed by atoms with van der Waals surface area (Å²) in [5.74, 6) is 0.960. The van der Waals surface area contributed by atoms with Crippen molar-refractivity contribution in [3.8, 4) is 0 Å². The minimum atomic E-state index is 0.0288. The van der Waals surface area contributed by atoms with Crippen LogP contribution in [0.15, 0.2) is 16.6 Å². The molecule has 2 aromatic rings. The molecule has 122 valence electrons. The zero-order valence-corrected chi connectivity index (χ0v) is 15.3. The van der Waals surface area contributed by atoms with Crippen molar-refractivity contribution < 1.29 is 4.79 Å². The second-order valence-electron chi connectivity index (χ2n) is 6.16. The lowest BCUT2D eigenvalue weighted by atomic mass is 10.1. The van der Waals surface area contributed by atoms with Crippen LogP contribution >= 0.6 is 15.9 Å². The Hall–Kier alpha value is -1.69. The first-order chi connectivity index (χ1) is 11.0. The molecule has 6 heteroatoms. The zero-order chi connectivity index (χ0) is 16.6. The van der Waals surface area contributed by atoms with E-state index in [1.165, 1.54) is 5.56 Å². The number of hydrogen-bond acceptors (Lipinski definition) is 4. The highest BCUT2D eigenvalue weighted by Crippen LogP contribution is 2.28. The number of hydrogen-bond donors (Lipinski definition) is 1. The Bertz CT molecular complexity index is 762. The molecule has 0 saturated carbocycles. The molecule has 1 aliphatic heterocycles. The van der Waals surface area contributed by atoms with Crippen LogP contribution in [0.3, 0.4) is 0 Å². The molecule has 0 aromatic carbocycles. The molecule has 1 saturated heterocycles.